The maximum Gasteiger partial charge on any atom is 0.141 e. The Morgan fingerprint density at radius 1 is 1.10 bits per heavy atom. The maximum atomic E-state index is 6.20. The van der Waals surface area contributed by atoms with Gasteiger partial charge in [0.15, 0.2) is 0 Å². The van der Waals surface area contributed by atoms with E-state index in [-0.39, 0.29) is 0 Å². The number of nitrogens with two attached hydrogens (primary N) is 1. The molecule has 0 radical (unpaired) electrons. The van der Waals surface area contributed by atoms with E-state index in [0.717, 1.165) is 21.1 Å². The number of benzene rings is 2. The monoisotopic (exact) mass is 348 g/mol. The van der Waals surface area contributed by atoms with Crippen LogP contribution in [-0.2, 0) is 0 Å². The second-order valence-electron chi connectivity index (χ2n) is 4.25. The van der Waals surface area contributed by atoms with Crippen LogP contribution >= 0.6 is 27.5 Å². The zero-order valence-electron chi connectivity index (χ0n) is 10.3. The summed E-state index contributed by atoms with van der Waals surface area (Å²) in [5, 5.41) is 4.72. The van der Waals surface area contributed by atoms with E-state index in [1.165, 1.54) is 6.33 Å². The molecular weight excluding hydrogens is 340 g/mol. The third-order valence-corrected chi connectivity index (χ3v) is 3.65. The molecule has 0 amide bonds. The molecule has 3 rings (SSSR count). The molecule has 3 aromatic rings. The standard InChI is InChI=1S/C14H10BrClN4/c15-8-1-4-12(11(16)5-8)20-14-10-3-2-9(17)6-13(10)18-7-19-14/h1-7H,17H2,(H,18,19,20). The van der Waals surface area contributed by atoms with E-state index in [0.29, 0.717) is 16.5 Å². The number of hydrogen-bond donors (Lipinski definition) is 2. The van der Waals surface area contributed by atoms with Gasteiger partial charge in [0.1, 0.15) is 12.1 Å². The summed E-state index contributed by atoms with van der Waals surface area (Å²) >= 11 is 9.58. The van der Waals surface area contributed by atoms with Gasteiger partial charge in [-0.25, -0.2) is 9.97 Å². The largest absolute Gasteiger partial charge is 0.399 e. The van der Waals surface area contributed by atoms with Crippen molar-refractivity contribution in [2.24, 2.45) is 0 Å². The molecule has 0 atom stereocenters. The molecule has 100 valence electrons. The Hall–Kier alpha value is -1.85. The van der Waals surface area contributed by atoms with Crippen LogP contribution in [0, 0.1) is 0 Å². The zero-order valence-corrected chi connectivity index (χ0v) is 12.6. The molecule has 0 spiro atoms. The summed E-state index contributed by atoms with van der Waals surface area (Å²) in [5.74, 6) is 0.694. The van der Waals surface area contributed by atoms with Crippen LogP contribution in [-0.4, -0.2) is 9.97 Å². The molecule has 3 N–H and O–H groups in total. The fourth-order valence-electron chi connectivity index (χ4n) is 1.89. The van der Waals surface area contributed by atoms with E-state index < -0.39 is 0 Å². The lowest BCUT2D eigenvalue weighted by Gasteiger charge is -2.10. The Morgan fingerprint density at radius 3 is 2.75 bits per heavy atom. The van der Waals surface area contributed by atoms with Crippen molar-refractivity contribution in [3.05, 3.63) is 52.2 Å². The highest BCUT2D eigenvalue weighted by Crippen LogP contribution is 2.30. The quantitative estimate of drug-likeness (QED) is 0.674. The molecule has 0 bridgehead atoms. The van der Waals surface area contributed by atoms with Crippen LogP contribution in [0.2, 0.25) is 5.02 Å². The summed E-state index contributed by atoms with van der Waals surface area (Å²) in [4.78, 5) is 8.47. The number of halogens is 2. The predicted molar refractivity (Wildman–Crippen MR) is 86.4 cm³/mol. The molecule has 0 unspecified atom stereocenters. The number of aromatic nitrogens is 2. The molecule has 1 aromatic heterocycles. The molecule has 2 aromatic carbocycles. The Kier molecular flexibility index (Phi) is 3.46. The third-order valence-electron chi connectivity index (χ3n) is 2.84. The Labute approximate surface area is 129 Å². The second kappa shape index (κ2) is 5.26. The van der Waals surface area contributed by atoms with Gasteiger partial charge < -0.3 is 11.1 Å². The first kappa shape index (κ1) is 13.1. The molecule has 0 saturated heterocycles. The van der Waals surface area contributed by atoms with Gasteiger partial charge in [-0.3, -0.25) is 0 Å². The van der Waals surface area contributed by atoms with Crippen molar-refractivity contribution in [1.82, 2.24) is 9.97 Å². The van der Waals surface area contributed by atoms with Crippen molar-refractivity contribution in [2.75, 3.05) is 11.1 Å². The van der Waals surface area contributed by atoms with E-state index in [2.05, 4.69) is 31.2 Å². The maximum absolute atomic E-state index is 6.20. The van der Waals surface area contributed by atoms with E-state index in [9.17, 15) is 0 Å². The van der Waals surface area contributed by atoms with Crippen LogP contribution in [0.15, 0.2) is 47.2 Å². The summed E-state index contributed by atoms with van der Waals surface area (Å²) < 4.78 is 0.924. The molecule has 0 saturated carbocycles. The smallest absolute Gasteiger partial charge is 0.141 e. The molecule has 0 fully saturated rings. The first-order valence-electron chi connectivity index (χ1n) is 5.86. The number of hydrogen-bond acceptors (Lipinski definition) is 4. The summed E-state index contributed by atoms with van der Waals surface area (Å²) in [7, 11) is 0. The van der Waals surface area contributed by atoms with Crippen molar-refractivity contribution in [2.45, 2.75) is 0 Å². The van der Waals surface area contributed by atoms with Gasteiger partial charge >= 0.3 is 0 Å². The normalized spacial score (nSPS) is 10.7. The lowest BCUT2D eigenvalue weighted by Crippen LogP contribution is -1.97. The minimum atomic E-state index is 0.613. The number of nitrogen functional groups attached to an aromatic ring is 1. The summed E-state index contributed by atoms with van der Waals surface area (Å²) in [6.45, 7) is 0. The first-order chi connectivity index (χ1) is 9.63. The number of nitrogens with one attached hydrogen (secondary N) is 1. The molecular formula is C14H10BrClN4. The number of anilines is 3. The summed E-state index contributed by atoms with van der Waals surface area (Å²) in [5.41, 5.74) is 8.00. The SMILES string of the molecule is Nc1ccc2c(Nc3ccc(Br)cc3Cl)ncnc2c1. The van der Waals surface area contributed by atoms with E-state index >= 15 is 0 Å². The molecule has 1 heterocycles. The third kappa shape index (κ3) is 2.55. The molecule has 0 aliphatic rings. The minimum absolute atomic E-state index is 0.613. The van der Waals surface area contributed by atoms with Gasteiger partial charge in [-0.1, -0.05) is 27.5 Å². The highest BCUT2D eigenvalue weighted by molar-refractivity contribution is 9.10. The van der Waals surface area contributed by atoms with E-state index in [1.807, 2.05) is 36.4 Å². The topological polar surface area (TPSA) is 63.8 Å². The van der Waals surface area contributed by atoms with Crippen LogP contribution in [0.1, 0.15) is 0 Å². The summed E-state index contributed by atoms with van der Waals surface area (Å²) in [6, 6.07) is 11.1. The minimum Gasteiger partial charge on any atom is -0.399 e. The first-order valence-corrected chi connectivity index (χ1v) is 7.03. The van der Waals surface area contributed by atoms with E-state index in [4.69, 9.17) is 17.3 Å². The second-order valence-corrected chi connectivity index (χ2v) is 5.57. The summed E-state index contributed by atoms with van der Waals surface area (Å²) in [6.07, 6.45) is 1.50. The molecule has 6 heteroatoms. The average molecular weight is 350 g/mol. The van der Waals surface area contributed by atoms with Crippen molar-refractivity contribution in [3.63, 3.8) is 0 Å². The van der Waals surface area contributed by atoms with Gasteiger partial charge in [-0.05, 0) is 36.4 Å². The molecule has 20 heavy (non-hydrogen) atoms. The van der Waals surface area contributed by atoms with Crippen LogP contribution < -0.4 is 11.1 Å². The molecule has 4 nitrogen and oxygen atoms in total. The zero-order chi connectivity index (χ0) is 14.1. The van der Waals surface area contributed by atoms with Gasteiger partial charge in [0.05, 0.1) is 16.2 Å². The highest BCUT2D eigenvalue weighted by atomic mass is 79.9. The number of fused-ring (bicyclic) bond motifs is 1. The van der Waals surface area contributed by atoms with Gasteiger partial charge in [0.2, 0.25) is 0 Å². The van der Waals surface area contributed by atoms with Gasteiger partial charge in [0, 0.05) is 15.5 Å². The van der Waals surface area contributed by atoms with Gasteiger partial charge in [-0.15, -0.1) is 0 Å². The van der Waals surface area contributed by atoms with Crippen molar-refractivity contribution in [1.29, 1.82) is 0 Å². The average Bonchev–Trinajstić information content (AvgIpc) is 2.41. The van der Waals surface area contributed by atoms with Crippen LogP contribution in [0.3, 0.4) is 0 Å². The van der Waals surface area contributed by atoms with Gasteiger partial charge in [0.25, 0.3) is 0 Å². The fourth-order valence-corrected chi connectivity index (χ4v) is 2.61. The predicted octanol–water partition coefficient (Wildman–Crippen LogP) is 4.37. The van der Waals surface area contributed by atoms with Crippen LogP contribution in [0.5, 0.6) is 0 Å². The van der Waals surface area contributed by atoms with Crippen molar-refractivity contribution < 1.29 is 0 Å². The number of nitrogens with zero attached hydrogens (tertiary/aromatic N) is 2. The van der Waals surface area contributed by atoms with Crippen molar-refractivity contribution in [3.8, 4) is 0 Å². The Bertz CT molecular complexity index is 791. The number of rotatable bonds is 2. The van der Waals surface area contributed by atoms with E-state index in [1.54, 1.807) is 0 Å². The Balaban J connectivity index is 2.06. The van der Waals surface area contributed by atoms with Crippen LogP contribution in [0.25, 0.3) is 10.9 Å². The lowest BCUT2D eigenvalue weighted by atomic mass is 10.2. The van der Waals surface area contributed by atoms with Gasteiger partial charge in [-0.2, -0.15) is 0 Å². The van der Waals surface area contributed by atoms with Crippen molar-refractivity contribution >= 4 is 55.6 Å². The highest BCUT2D eigenvalue weighted by Gasteiger charge is 2.07. The molecule has 0 aliphatic carbocycles. The fraction of sp³-hybridized carbons (Fsp3) is 0. The lowest BCUT2D eigenvalue weighted by molar-refractivity contribution is 1.22. The molecule has 0 aliphatic heterocycles. The Morgan fingerprint density at radius 2 is 1.95 bits per heavy atom. The van der Waals surface area contributed by atoms with Crippen LogP contribution in [0.4, 0.5) is 17.2 Å².